The molecule has 0 aromatic carbocycles. The summed E-state index contributed by atoms with van der Waals surface area (Å²) in [6.45, 7) is 0. The van der Waals surface area contributed by atoms with E-state index in [1.54, 1.807) is 42.6 Å². The number of aromatic nitrogens is 3. The molecule has 0 aliphatic carbocycles. The van der Waals surface area contributed by atoms with Gasteiger partial charge in [0.05, 0.1) is 12.5 Å². The number of carbonyl (C=O) groups is 1. The van der Waals surface area contributed by atoms with Gasteiger partial charge in [0.2, 0.25) is 0 Å². The third-order valence-electron chi connectivity index (χ3n) is 2.39. The molecule has 16 heavy (non-hydrogen) atoms. The Kier molecular flexibility index (Phi) is 2.68. The molecule has 0 aliphatic heterocycles. The molecule has 0 atom stereocenters. The molecular weight excluding hydrogens is 204 g/mol. The summed E-state index contributed by atoms with van der Waals surface area (Å²) in [6, 6.07) is 1.69. The molecule has 0 amide bonds. The highest BCUT2D eigenvalue weighted by molar-refractivity contribution is 5.96. The van der Waals surface area contributed by atoms with Crippen LogP contribution in [0.25, 0.3) is 0 Å². The quantitative estimate of drug-likeness (QED) is 0.771. The lowest BCUT2D eigenvalue weighted by Gasteiger charge is -2.04. The fourth-order valence-electron chi connectivity index (χ4n) is 1.48. The molecule has 5 nitrogen and oxygen atoms in total. The third-order valence-corrected chi connectivity index (χ3v) is 2.39. The predicted octanol–water partition coefficient (Wildman–Crippen LogP) is 0.823. The summed E-state index contributed by atoms with van der Waals surface area (Å²) < 4.78 is 1.69. The van der Waals surface area contributed by atoms with Crippen LogP contribution < -0.4 is 5.73 Å². The van der Waals surface area contributed by atoms with Crippen molar-refractivity contribution in [2.45, 2.75) is 6.42 Å². The van der Waals surface area contributed by atoms with Gasteiger partial charge in [-0.25, -0.2) is 4.98 Å². The van der Waals surface area contributed by atoms with Gasteiger partial charge in [0.1, 0.15) is 5.69 Å². The van der Waals surface area contributed by atoms with E-state index in [1.807, 2.05) is 0 Å². The second-order valence-electron chi connectivity index (χ2n) is 3.56. The Morgan fingerprint density at radius 2 is 2.25 bits per heavy atom. The summed E-state index contributed by atoms with van der Waals surface area (Å²) in [5.74, 6) is -0.0142. The van der Waals surface area contributed by atoms with Crippen LogP contribution in [0.3, 0.4) is 0 Å². The highest BCUT2D eigenvalue weighted by Crippen LogP contribution is 2.12. The van der Waals surface area contributed by atoms with Crippen LogP contribution in [0.15, 0.2) is 31.0 Å². The molecule has 0 radical (unpaired) electrons. The van der Waals surface area contributed by atoms with Gasteiger partial charge in [-0.2, -0.15) is 0 Å². The molecule has 2 heterocycles. The largest absolute Gasteiger partial charge is 0.398 e. The maximum Gasteiger partial charge on any atom is 0.185 e. The molecule has 0 aliphatic rings. The monoisotopic (exact) mass is 216 g/mol. The van der Waals surface area contributed by atoms with Crippen molar-refractivity contribution in [1.29, 1.82) is 0 Å². The number of nitrogens with two attached hydrogens (primary N) is 1. The molecule has 2 N–H and O–H groups in total. The Labute approximate surface area is 92.9 Å². The van der Waals surface area contributed by atoms with Gasteiger partial charge in [-0.15, -0.1) is 0 Å². The van der Waals surface area contributed by atoms with Crippen LogP contribution in [-0.2, 0) is 13.5 Å². The maximum atomic E-state index is 11.9. The van der Waals surface area contributed by atoms with Crippen LogP contribution in [0.2, 0.25) is 0 Å². The van der Waals surface area contributed by atoms with Crippen molar-refractivity contribution in [2.75, 3.05) is 5.73 Å². The zero-order valence-electron chi connectivity index (χ0n) is 8.92. The van der Waals surface area contributed by atoms with Crippen molar-refractivity contribution in [2.24, 2.45) is 7.05 Å². The smallest absolute Gasteiger partial charge is 0.185 e. The summed E-state index contributed by atoms with van der Waals surface area (Å²) >= 11 is 0. The van der Waals surface area contributed by atoms with Gasteiger partial charge in [0.15, 0.2) is 5.78 Å². The Bertz CT molecular complexity index is 518. The van der Waals surface area contributed by atoms with Gasteiger partial charge in [0.25, 0.3) is 0 Å². The van der Waals surface area contributed by atoms with Crippen molar-refractivity contribution in [3.05, 3.63) is 42.2 Å². The lowest BCUT2D eigenvalue weighted by Crippen LogP contribution is -2.09. The number of nitrogen functional groups attached to an aromatic ring is 1. The Morgan fingerprint density at radius 1 is 1.44 bits per heavy atom. The van der Waals surface area contributed by atoms with E-state index in [-0.39, 0.29) is 12.2 Å². The summed E-state index contributed by atoms with van der Waals surface area (Å²) in [5, 5.41) is 0. The van der Waals surface area contributed by atoms with Crippen molar-refractivity contribution in [3.63, 3.8) is 0 Å². The van der Waals surface area contributed by atoms with E-state index in [1.165, 1.54) is 0 Å². The average molecular weight is 216 g/mol. The highest BCUT2D eigenvalue weighted by atomic mass is 16.1. The minimum absolute atomic E-state index is 0.0142. The number of anilines is 1. The fraction of sp³-hybridized carbons (Fsp3) is 0.182. The molecule has 0 saturated heterocycles. The minimum Gasteiger partial charge on any atom is -0.398 e. The first-order chi connectivity index (χ1) is 7.68. The number of ketones is 1. The van der Waals surface area contributed by atoms with Crippen molar-refractivity contribution in [1.82, 2.24) is 14.5 Å². The van der Waals surface area contributed by atoms with E-state index < -0.39 is 0 Å². The van der Waals surface area contributed by atoms with Crippen LogP contribution in [-0.4, -0.2) is 20.3 Å². The van der Waals surface area contributed by atoms with Gasteiger partial charge in [-0.3, -0.25) is 9.78 Å². The first kappa shape index (κ1) is 10.4. The lowest BCUT2D eigenvalue weighted by molar-refractivity contribution is 0.0985. The molecular formula is C11H12N4O. The number of carbonyl (C=O) groups excluding carboxylic acids is 1. The fourth-order valence-corrected chi connectivity index (χ4v) is 1.48. The van der Waals surface area contributed by atoms with Crippen LogP contribution >= 0.6 is 0 Å². The van der Waals surface area contributed by atoms with E-state index in [0.29, 0.717) is 11.4 Å². The van der Waals surface area contributed by atoms with Crippen molar-refractivity contribution < 1.29 is 4.79 Å². The molecule has 5 heteroatoms. The van der Waals surface area contributed by atoms with E-state index in [9.17, 15) is 4.79 Å². The molecule has 82 valence electrons. The number of rotatable bonds is 3. The molecule has 0 unspecified atom stereocenters. The number of imidazole rings is 1. The zero-order chi connectivity index (χ0) is 11.5. The standard InChI is InChI=1S/C11H12N4O/c1-15-7-14-6-10(15)11(16)4-8-5-13-3-2-9(8)12/h2-3,5-7H,4H2,1H3,(H2,12,13). The van der Waals surface area contributed by atoms with Gasteiger partial charge in [-0.1, -0.05) is 0 Å². The molecule has 0 fully saturated rings. The second kappa shape index (κ2) is 4.14. The number of nitrogens with zero attached hydrogens (tertiary/aromatic N) is 3. The Morgan fingerprint density at radius 3 is 2.88 bits per heavy atom. The Balaban J connectivity index is 2.21. The molecule has 0 saturated carbocycles. The zero-order valence-corrected chi connectivity index (χ0v) is 8.92. The molecule has 2 aromatic heterocycles. The Hall–Kier alpha value is -2.17. The molecule has 2 rings (SSSR count). The normalized spacial score (nSPS) is 10.3. The minimum atomic E-state index is -0.0142. The van der Waals surface area contributed by atoms with Crippen LogP contribution in [0.1, 0.15) is 16.1 Å². The van der Waals surface area contributed by atoms with E-state index in [0.717, 1.165) is 5.56 Å². The topological polar surface area (TPSA) is 73.8 Å². The van der Waals surface area contributed by atoms with E-state index in [2.05, 4.69) is 9.97 Å². The first-order valence-corrected chi connectivity index (χ1v) is 4.86. The first-order valence-electron chi connectivity index (χ1n) is 4.86. The number of pyridine rings is 1. The lowest BCUT2D eigenvalue weighted by atomic mass is 10.1. The van der Waals surface area contributed by atoms with Crippen molar-refractivity contribution in [3.8, 4) is 0 Å². The van der Waals surface area contributed by atoms with E-state index >= 15 is 0 Å². The average Bonchev–Trinajstić information content (AvgIpc) is 2.68. The second-order valence-corrected chi connectivity index (χ2v) is 3.56. The van der Waals surface area contributed by atoms with Gasteiger partial charge in [0, 0.05) is 37.1 Å². The number of hydrogen-bond acceptors (Lipinski definition) is 4. The highest BCUT2D eigenvalue weighted by Gasteiger charge is 2.12. The summed E-state index contributed by atoms with van der Waals surface area (Å²) in [5.41, 5.74) is 7.65. The third kappa shape index (κ3) is 1.93. The SMILES string of the molecule is Cn1cncc1C(=O)Cc1cnccc1N. The predicted molar refractivity (Wildman–Crippen MR) is 59.9 cm³/mol. The maximum absolute atomic E-state index is 11.9. The van der Waals surface area contributed by atoms with Crippen LogP contribution in [0.4, 0.5) is 5.69 Å². The number of Topliss-reactive ketones (excluding diaryl/α,β-unsaturated/α-hetero) is 1. The van der Waals surface area contributed by atoms with Gasteiger partial charge < -0.3 is 10.3 Å². The van der Waals surface area contributed by atoms with Gasteiger partial charge >= 0.3 is 0 Å². The summed E-state index contributed by atoms with van der Waals surface area (Å²) in [6.07, 6.45) is 6.62. The van der Waals surface area contributed by atoms with Crippen LogP contribution in [0, 0.1) is 0 Å². The molecule has 2 aromatic rings. The number of hydrogen-bond donors (Lipinski definition) is 1. The molecule has 0 bridgehead atoms. The van der Waals surface area contributed by atoms with E-state index in [4.69, 9.17) is 5.73 Å². The summed E-state index contributed by atoms with van der Waals surface area (Å²) in [7, 11) is 1.78. The number of aryl methyl sites for hydroxylation is 1. The van der Waals surface area contributed by atoms with Gasteiger partial charge in [-0.05, 0) is 6.07 Å². The molecule has 0 spiro atoms. The summed E-state index contributed by atoms with van der Waals surface area (Å²) in [4.78, 5) is 19.8. The van der Waals surface area contributed by atoms with Crippen molar-refractivity contribution >= 4 is 11.5 Å². The van der Waals surface area contributed by atoms with Crippen LogP contribution in [0.5, 0.6) is 0 Å².